The number of nitrogens with one attached hydrogen (secondary N) is 1. The minimum Gasteiger partial charge on any atom is -0.476 e. The molecule has 0 unspecified atom stereocenters. The van der Waals surface area contributed by atoms with Gasteiger partial charge in [-0.1, -0.05) is 59.1 Å². The van der Waals surface area contributed by atoms with Gasteiger partial charge in [0.2, 0.25) is 5.75 Å². The van der Waals surface area contributed by atoms with Gasteiger partial charge in [-0.25, -0.2) is 4.98 Å². The zero-order valence-corrected chi connectivity index (χ0v) is 23.1. The summed E-state index contributed by atoms with van der Waals surface area (Å²) in [5.41, 5.74) is 0.555. The summed E-state index contributed by atoms with van der Waals surface area (Å²) in [5, 5.41) is 19.0. The van der Waals surface area contributed by atoms with E-state index in [0.29, 0.717) is 28.8 Å². The molecule has 0 atom stereocenters. The minimum absolute atomic E-state index is 0.0859. The number of anilines is 1. The molecule has 12 heteroatoms. The Kier molecular flexibility index (Phi) is 9.05. The van der Waals surface area contributed by atoms with Crippen LogP contribution in [-0.4, -0.2) is 33.3 Å². The zero-order valence-electron chi connectivity index (χ0n) is 20.8. The molecule has 1 aromatic heterocycles. The number of ether oxygens (including phenoxy) is 1. The van der Waals surface area contributed by atoms with Crippen LogP contribution >= 0.6 is 27.5 Å². The molecule has 1 heterocycles. The summed E-state index contributed by atoms with van der Waals surface area (Å²) in [6, 6.07) is 16.6. The number of carbonyl (C=O) groups excluding carboxylic acids is 1. The van der Waals surface area contributed by atoms with Crippen LogP contribution in [0.15, 0.2) is 75.0 Å². The molecule has 0 aliphatic carbocycles. The quantitative estimate of drug-likeness (QED) is 0.134. The number of nitro groups is 1. The second-order valence-electron chi connectivity index (χ2n) is 8.47. The molecule has 3 aromatic carbocycles. The molecule has 200 valence electrons. The fourth-order valence-corrected chi connectivity index (χ4v) is 4.38. The number of halogens is 2. The van der Waals surface area contributed by atoms with Gasteiger partial charge >= 0.3 is 5.69 Å². The zero-order chi connectivity index (χ0) is 27.9. The van der Waals surface area contributed by atoms with E-state index < -0.39 is 23.1 Å². The number of aromatic nitrogens is 2. The predicted octanol–water partition coefficient (Wildman–Crippen LogP) is 5.96. The number of carbonyl (C=O) groups is 1. The molecule has 10 nitrogen and oxygen atoms in total. The van der Waals surface area contributed by atoms with Crippen molar-refractivity contribution in [1.29, 1.82) is 0 Å². The van der Waals surface area contributed by atoms with Gasteiger partial charge in [0, 0.05) is 28.2 Å². The van der Waals surface area contributed by atoms with Gasteiger partial charge in [0.15, 0.2) is 6.61 Å². The van der Waals surface area contributed by atoms with Gasteiger partial charge in [0.25, 0.3) is 11.5 Å². The fourth-order valence-electron chi connectivity index (χ4n) is 3.74. The molecule has 39 heavy (non-hydrogen) atoms. The number of nitro benzene ring substituents is 1. The number of aryl methyl sites for hydroxylation is 1. The topological polar surface area (TPSA) is 129 Å². The van der Waals surface area contributed by atoms with Crippen LogP contribution in [0.5, 0.6) is 5.75 Å². The van der Waals surface area contributed by atoms with Crippen LogP contribution in [0, 0.1) is 10.1 Å². The van der Waals surface area contributed by atoms with Gasteiger partial charge in [-0.3, -0.25) is 19.7 Å². The number of fused-ring (bicyclic) bond motifs is 1. The molecule has 0 saturated carbocycles. The second-order valence-corrected chi connectivity index (χ2v) is 9.79. The lowest BCUT2D eigenvalue weighted by atomic mass is 10.2. The number of benzene rings is 3. The summed E-state index contributed by atoms with van der Waals surface area (Å²) < 4.78 is 7.34. The summed E-state index contributed by atoms with van der Waals surface area (Å²) >= 11 is 9.69. The van der Waals surface area contributed by atoms with E-state index in [2.05, 4.69) is 31.3 Å². The van der Waals surface area contributed by atoms with Crippen molar-refractivity contribution in [3.8, 4) is 5.75 Å². The maximum atomic E-state index is 13.3. The average molecular weight is 613 g/mol. The highest BCUT2D eigenvalue weighted by molar-refractivity contribution is 9.10. The van der Waals surface area contributed by atoms with Crippen molar-refractivity contribution in [1.82, 2.24) is 9.66 Å². The van der Waals surface area contributed by atoms with E-state index in [-0.39, 0.29) is 21.9 Å². The first-order valence-electron chi connectivity index (χ1n) is 12.0. The van der Waals surface area contributed by atoms with Crippen molar-refractivity contribution in [3.05, 3.63) is 102 Å². The van der Waals surface area contributed by atoms with Gasteiger partial charge in [0.1, 0.15) is 5.82 Å². The number of hydrogen-bond donors (Lipinski definition) is 1. The highest BCUT2D eigenvalue weighted by Crippen LogP contribution is 2.36. The third-order valence-corrected chi connectivity index (χ3v) is 6.37. The summed E-state index contributed by atoms with van der Waals surface area (Å²) in [4.78, 5) is 41.2. The molecule has 0 spiro atoms. The summed E-state index contributed by atoms with van der Waals surface area (Å²) in [5.74, 6) is -0.287. The molecular weight excluding hydrogens is 590 g/mol. The molecule has 1 N–H and O–H groups in total. The Balaban J connectivity index is 1.63. The van der Waals surface area contributed by atoms with Crippen LogP contribution in [0.2, 0.25) is 5.02 Å². The highest BCUT2D eigenvalue weighted by Gasteiger charge is 2.22. The molecule has 0 saturated heterocycles. The molecule has 0 bridgehead atoms. The Morgan fingerprint density at radius 1 is 1.23 bits per heavy atom. The normalized spacial score (nSPS) is 11.2. The third kappa shape index (κ3) is 6.87. The van der Waals surface area contributed by atoms with E-state index in [4.69, 9.17) is 16.3 Å². The van der Waals surface area contributed by atoms with Gasteiger partial charge in [-0.2, -0.15) is 9.78 Å². The van der Waals surface area contributed by atoms with E-state index in [1.807, 2.05) is 13.0 Å². The first-order chi connectivity index (χ1) is 18.8. The Labute approximate surface area is 236 Å². The number of para-hydroxylation sites is 1. The summed E-state index contributed by atoms with van der Waals surface area (Å²) in [6.07, 6.45) is 3.51. The molecule has 1 amide bonds. The van der Waals surface area contributed by atoms with Gasteiger partial charge in [-0.05, 0) is 42.8 Å². The van der Waals surface area contributed by atoms with Crippen LogP contribution in [0.4, 0.5) is 11.4 Å². The average Bonchev–Trinajstić information content (AvgIpc) is 2.91. The van der Waals surface area contributed by atoms with E-state index in [0.717, 1.165) is 17.3 Å². The highest BCUT2D eigenvalue weighted by atomic mass is 79.9. The Hall–Kier alpha value is -4.09. The Morgan fingerprint density at radius 2 is 2.00 bits per heavy atom. The SMILES string of the molecule is CCCCc1nc2ccc(Br)cc2c(=O)n1N=Cc1cc(Cl)c(OCC(=O)Nc2ccccc2)c([N+](=O)[O-])c1. The van der Waals surface area contributed by atoms with Gasteiger partial charge in [-0.15, -0.1) is 0 Å². The van der Waals surface area contributed by atoms with Crippen molar-refractivity contribution in [2.24, 2.45) is 5.10 Å². The fraction of sp³-hybridized carbons (Fsp3) is 0.185. The molecular formula is C27H23BrClN5O5. The lowest BCUT2D eigenvalue weighted by Gasteiger charge is -2.11. The van der Waals surface area contributed by atoms with Crippen LogP contribution in [-0.2, 0) is 11.2 Å². The molecule has 0 radical (unpaired) electrons. The predicted molar refractivity (Wildman–Crippen MR) is 154 cm³/mol. The minimum atomic E-state index is -0.665. The molecule has 0 fully saturated rings. The van der Waals surface area contributed by atoms with E-state index in [1.54, 1.807) is 42.5 Å². The molecule has 0 aliphatic heterocycles. The van der Waals surface area contributed by atoms with Gasteiger partial charge < -0.3 is 10.1 Å². The van der Waals surface area contributed by atoms with E-state index >= 15 is 0 Å². The van der Waals surface area contributed by atoms with E-state index in [9.17, 15) is 19.7 Å². The monoisotopic (exact) mass is 611 g/mol. The maximum absolute atomic E-state index is 13.3. The molecule has 0 aliphatic rings. The van der Waals surface area contributed by atoms with Crippen LogP contribution < -0.4 is 15.6 Å². The summed E-state index contributed by atoms with van der Waals surface area (Å²) in [7, 11) is 0. The number of amides is 1. The first kappa shape index (κ1) is 27.9. The van der Waals surface area contributed by atoms with Crippen molar-refractivity contribution in [2.45, 2.75) is 26.2 Å². The largest absolute Gasteiger partial charge is 0.476 e. The smallest absolute Gasteiger partial charge is 0.313 e. The Bertz CT molecular complexity index is 1620. The van der Waals surface area contributed by atoms with Crippen LogP contribution in [0.25, 0.3) is 10.9 Å². The third-order valence-electron chi connectivity index (χ3n) is 5.60. The lowest BCUT2D eigenvalue weighted by molar-refractivity contribution is -0.385. The van der Waals surface area contributed by atoms with Crippen molar-refractivity contribution in [3.63, 3.8) is 0 Å². The Morgan fingerprint density at radius 3 is 2.72 bits per heavy atom. The molecule has 4 rings (SSSR count). The molecule has 4 aromatic rings. The number of unbranched alkanes of at least 4 members (excludes halogenated alkanes) is 1. The lowest BCUT2D eigenvalue weighted by Crippen LogP contribution is -2.22. The first-order valence-corrected chi connectivity index (χ1v) is 13.1. The van der Waals surface area contributed by atoms with Gasteiger partial charge in [0.05, 0.1) is 27.1 Å². The maximum Gasteiger partial charge on any atom is 0.313 e. The number of rotatable bonds is 10. The summed E-state index contributed by atoms with van der Waals surface area (Å²) in [6.45, 7) is 1.54. The number of nitrogens with zero attached hydrogens (tertiary/aromatic N) is 4. The van der Waals surface area contributed by atoms with Crippen molar-refractivity contribution >= 4 is 61.9 Å². The van der Waals surface area contributed by atoms with Crippen molar-refractivity contribution < 1.29 is 14.5 Å². The second kappa shape index (κ2) is 12.6. The standard InChI is InChI=1S/C27H23BrClN5O5/c1-2-3-9-24-32-22-11-10-18(28)14-20(22)27(36)33(24)30-15-17-12-21(29)26(23(13-17)34(37)38)39-16-25(35)31-19-7-5-4-6-8-19/h4-8,10-15H,2-3,9,16H2,1H3,(H,31,35). The van der Waals surface area contributed by atoms with E-state index in [1.165, 1.54) is 23.0 Å². The van der Waals surface area contributed by atoms with Crippen LogP contribution in [0.1, 0.15) is 31.2 Å². The van der Waals surface area contributed by atoms with Crippen LogP contribution in [0.3, 0.4) is 0 Å². The van der Waals surface area contributed by atoms with Crippen molar-refractivity contribution in [2.75, 3.05) is 11.9 Å². The number of hydrogen-bond acceptors (Lipinski definition) is 7.